The van der Waals surface area contributed by atoms with Crippen LogP contribution in [0.4, 0.5) is 0 Å². The van der Waals surface area contributed by atoms with Crippen LogP contribution in [0.1, 0.15) is 24.0 Å². The fourth-order valence-corrected chi connectivity index (χ4v) is 2.40. The zero-order valence-electron chi connectivity index (χ0n) is 15.3. The van der Waals surface area contributed by atoms with Gasteiger partial charge in [0.25, 0.3) is 0 Å². The standard InChI is InChI=1S/C20H24N2O4/c1-24-17-10-7-15(8-11-17)5-4-6-20(23)22-21-14-16-9-12-18(25-2)13-19(16)26-3/h7-14H,4-6H2,1-3H3,(H,22,23)/b21-14-. The Morgan fingerprint density at radius 1 is 1.00 bits per heavy atom. The molecule has 0 atom stereocenters. The number of ether oxygens (including phenoxy) is 3. The minimum absolute atomic E-state index is 0.123. The van der Waals surface area contributed by atoms with E-state index in [1.165, 1.54) is 5.56 Å². The van der Waals surface area contributed by atoms with E-state index in [1.807, 2.05) is 30.3 Å². The van der Waals surface area contributed by atoms with Crippen molar-refractivity contribution < 1.29 is 19.0 Å². The van der Waals surface area contributed by atoms with Gasteiger partial charge in [-0.15, -0.1) is 0 Å². The molecule has 1 N–H and O–H groups in total. The summed E-state index contributed by atoms with van der Waals surface area (Å²) in [7, 11) is 4.81. The first-order valence-electron chi connectivity index (χ1n) is 8.33. The van der Waals surface area contributed by atoms with Gasteiger partial charge in [0.15, 0.2) is 0 Å². The third kappa shape index (κ3) is 5.81. The molecule has 0 unspecified atom stereocenters. The maximum Gasteiger partial charge on any atom is 0.240 e. The van der Waals surface area contributed by atoms with Crippen LogP contribution in [0.25, 0.3) is 0 Å². The van der Waals surface area contributed by atoms with Crippen molar-refractivity contribution in [3.05, 3.63) is 53.6 Å². The van der Waals surface area contributed by atoms with Gasteiger partial charge in [0.2, 0.25) is 5.91 Å². The van der Waals surface area contributed by atoms with E-state index in [4.69, 9.17) is 14.2 Å². The van der Waals surface area contributed by atoms with Gasteiger partial charge >= 0.3 is 0 Å². The summed E-state index contributed by atoms with van der Waals surface area (Å²) in [4.78, 5) is 11.9. The molecule has 0 saturated heterocycles. The maximum atomic E-state index is 11.9. The van der Waals surface area contributed by atoms with Crippen molar-refractivity contribution in [1.82, 2.24) is 5.43 Å². The lowest BCUT2D eigenvalue weighted by Gasteiger charge is -2.07. The average molecular weight is 356 g/mol. The maximum absolute atomic E-state index is 11.9. The third-order valence-electron chi connectivity index (χ3n) is 3.86. The molecular weight excluding hydrogens is 332 g/mol. The lowest BCUT2D eigenvalue weighted by Crippen LogP contribution is -2.17. The largest absolute Gasteiger partial charge is 0.497 e. The highest BCUT2D eigenvalue weighted by molar-refractivity contribution is 5.85. The summed E-state index contributed by atoms with van der Waals surface area (Å²) in [5.74, 6) is 2.03. The molecule has 0 spiro atoms. The lowest BCUT2D eigenvalue weighted by atomic mass is 10.1. The highest BCUT2D eigenvalue weighted by Gasteiger charge is 2.04. The van der Waals surface area contributed by atoms with Gasteiger partial charge in [-0.25, -0.2) is 5.43 Å². The number of benzene rings is 2. The van der Waals surface area contributed by atoms with Crippen LogP contribution >= 0.6 is 0 Å². The number of rotatable bonds is 9. The van der Waals surface area contributed by atoms with E-state index in [0.29, 0.717) is 17.9 Å². The minimum atomic E-state index is -0.123. The first-order valence-corrected chi connectivity index (χ1v) is 8.33. The summed E-state index contributed by atoms with van der Waals surface area (Å²) in [6.07, 6.45) is 3.54. The molecule has 2 aromatic rings. The number of amides is 1. The Kier molecular flexibility index (Phi) is 7.49. The number of hydrazone groups is 1. The second-order valence-electron chi connectivity index (χ2n) is 5.60. The summed E-state index contributed by atoms with van der Waals surface area (Å²) in [5, 5.41) is 3.99. The molecule has 1 amide bonds. The molecule has 0 saturated carbocycles. The molecule has 0 heterocycles. The number of nitrogens with zero attached hydrogens (tertiary/aromatic N) is 1. The van der Waals surface area contributed by atoms with Gasteiger partial charge in [-0.2, -0.15) is 5.10 Å². The third-order valence-corrected chi connectivity index (χ3v) is 3.86. The van der Waals surface area contributed by atoms with Gasteiger partial charge < -0.3 is 14.2 Å². The van der Waals surface area contributed by atoms with Gasteiger partial charge in [-0.05, 0) is 42.7 Å². The number of hydrogen-bond acceptors (Lipinski definition) is 5. The molecule has 2 rings (SSSR count). The van der Waals surface area contributed by atoms with Gasteiger partial charge in [0.1, 0.15) is 17.2 Å². The van der Waals surface area contributed by atoms with E-state index < -0.39 is 0 Å². The van der Waals surface area contributed by atoms with Gasteiger partial charge in [0, 0.05) is 18.1 Å². The number of hydrogen-bond donors (Lipinski definition) is 1. The van der Waals surface area contributed by atoms with Crippen LogP contribution in [0.15, 0.2) is 47.6 Å². The smallest absolute Gasteiger partial charge is 0.240 e. The van der Waals surface area contributed by atoms with E-state index >= 15 is 0 Å². The van der Waals surface area contributed by atoms with Gasteiger partial charge in [0.05, 0.1) is 27.5 Å². The Morgan fingerprint density at radius 3 is 2.35 bits per heavy atom. The first kappa shape index (κ1) is 19.3. The monoisotopic (exact) mass is 356 g/mol. The molecular formula is C20H24N2O4. The molecule has 6 heteroatoms. The van der Waals surface area contributed by atoms with Crippen molar-refractivity contribution >= 4 is 12.1 Å². The van der Waals surface area contributed by atoms with Crippen molar-refractivity contribution in [3.8, 4) is 17.2 Å². The summed E-state index contributed by atoms with van der Waals surface area (Å²) in [5.41, 5.74) is 4.47. The molecule has 0 aliphatic carbocycles. The molecule has 138 valence electrons. The number of nitrogens with one attached hydrogen (secondary N) is 1. The molecule has 26 heavy (non-hydrogen) atoms. The van der Waals surface area contributed by atoms with Crippen molar-refractivity contribution in [2.45, 2.75) is 19.3 Å². The predicted molar refractivity (Wildman–Crippen MR) is 101 cm³/mol. The second-order valence-corrected chi connectivity index (χ2v) is 5.60. The lowest BCUT2D eigenvalue weighted by molar-refractivity contribution is -0.121. The Hall–Kier alpha value is -3.02. The Morgan fingerprint density at radius 2 is 1.69 bits per heavy atom. The van der Waals surface area contributed by atoms with E-state index in [0.717, 1.165) is 24.2 Å². The van der Waals surface area contributed by atoms with Gasteiger partial charge in [-0.1, -0.05) is 12.1 Å². The Labute approximate surface area is 153 Å². The fourth-order valence-electron chi connectivity index (χ4n) is 2.40. The van der Waals surface area contributed by atoms with Gasteiger partial charge in [-0.3, -0.25) is 4.79 Å². The Balaban J connectivity index is 1.78. The van der Waals surface area contributed by atoms with Crippen LogP contribution in [0.3, 0.4) is 0 Å². The first-order chi connectivity index (χ1) is 12.7. The number of aryl methyl sites for hydroxylation is 1. The van der Waals surface area contributed by atoms with E-state index in [2.05, 4.69) is 10.5 Å². The van der Waals surface area contributed by atoms with Crippen LogP contribution in [-0.2, 0) is 11.2 Å². The topological polar surface area (TPSA) is 69.2 Å². The van der Waals surface area contributed by atoms with Crippen LogP contribution in [0.2, 0.25) is 0 Å². The molecule has 6 nitrogen and oxygen atoms in total. The molecule has 0 fully saturated rings. The molecule has 0 radical (unpaired) electrons. The number of methoxy groups -OCH3 is 3. The number of carbonyl (C=O) groups excluding carboxylic acids is 1. The fraction of sp³-hybridized carbons (Fsp3) is 0.300. The SMILES string of the molecule is COc1ccc(CCCC(=O)N/N=C\c2ccc(OC)cc2OC)cc1. The van der Waals surface area contributed by atoms with Crippen LogP contribution in [0.5, 0.6) is 17.2 Å². The highest BCUT2D eigenvalue weighted by Crippen LogP contribution is 2.23. The normalized spacial score (nSPS) is 10.6. The summed E-state index contributed by atoms with van der Waals surface area (Å²) in [6, 6.07) is 13.2. The molecule has 2 aromatic carbocycles. The second kappa shape index (κ2) is 10.1. The van der Waals surface area contributed by atoms with Crippen LogP contribution in [0, 0.1) is 0 Å². The van der Waals surface area contributed by atoms with Crippen molar-refractivity contribution in [3.63, 3.8) is 0 Å². The Bertz CT molecular complexity index is 742. The minimum Gasteiger partial charge on any atom is -0.497 e. The van der Waals surface area contributed by atoms with E-state index in [9.17, 15) is 4.79 Å². The molecule has 0 aromatic heterocycles. The predicted octanol–water partition coefficient (Wildman–Crippen LogP) is 3.19. The number of carbonyl (C=O) groups is 1. The summed E-state index contributed by atoms with van der Waals surface area (Å²) >= 11 is 0. The summed E-state index contributed by atoms with van der Waals surface area (Å²) < 4.78 is 15.6. The van der Waals surface area contributed by atoms with E-state index in [1.54, 1.807) is 39.7 Å². The van der Waals surface area contributed by atoms with Crippen molar-refractivity contribution in [1.29, 1.82) is 0 Å². The zero-order chi connectivity index (χ0) is 18.8. The zero-order valence-corrected chi connectivity index (χ0v) is 15.3. The molecule has 0 bridgehead atoms. The van der Waals surface area contributed by atoms with Crippen molar-refractivity contribution in [2.75, 3.05) is 21.3 Å². The highest BCUT2D eigenvalue weighted by atomic mass is 16.5. The summed E-state index contributed by atoms with van der Waals surface area (Å²) in [6.45, 7) is 0. The van der Waals surface area contributed by atoms with Crippen molar-refractivity contribution in [2.24, 2.45) is 5.10 Å². The molecule has 0 aliphatic rings. The van der Waals surface area contributed by atoms with Crippen LogP contribution in [-0.4, -0.2) is 33.5 Å². The quantitative estimate of drug-likeness (QED) is 0.553. The van der Waals surface area contributed by atoms with E-state index in [-0.39, 0.29) is 5.91 Å². The average Bonchev–Trinajstić information content (AvgIpc) is 2.68. The molecule has 0 aliphatic heterocycles. The van der Waals surface area contributed by atoms with Crippen LogP contribution < -0.4 is 19.6 Å².